The van der Waals surface area contributed by atoms with E-state index in [1.807, 2.05) is 0 Å². The van der Waals surface area contributed by atoms with Gasteiger partial charge in [-0.1, -0.05) is 0 Å². The summed E-state index contributed by atoms with van der Waals surface area (Å²) in [5.41, 5.74) is 0. The van der Waals surface area contributed by atoms with E-state index < -0.39 is 12.1 Å². The Bertz CT molecular complexity index is 232. The third-order valence-electron chi connectivity index (χ3n) is 1.95. The molecule has 0 amide bonds. The number of likely N-dealkylation sites (tertiary alicyclic amines) is 1. The van der Waals surface area contributed by atoms with E-state index >= 15 is 0 Å². The van der Waals surface area contributed by atoms with E-state index in [0.29, 0.717) is 4.90 Å². The van der Waals surface area contributed by atoms with Crippen LogP contribution in [0.25, 0.3) is 0 Å². The van der Waals surface area contributed by atoms with Gasteiger partial charge in [0.05, 0.1) is 0 Å². The summed E-state index contributed by atoms with van der Waals surface area (Å²) >= 11 is 0. The summed E-state index contributed by atoms with van der Waals surface area (Å²) in [4.78, 5) is 20.9. The van der Waals surface area contributed by atoms with Crippen molar-refractivity contribution in [1.82, 2.24) is 4.90 Å². The monoisotopic (exact) mass is 195 g/mol. The van der Waals surface area contributed by atoms with Crippen molar-refractivity contribution < 1.29 is 22.8 Å². The van der Waals surface area contributed by atoms with Gasteiger partial charge in [-0.3, -0.25) is 9.59 Å². The van der Waals surface area contributed by atoms with Gasteiger partial charge in [-0.25, -0.2) is 4.90 Å². The van der Waals surface area contributed by atoms with Crippen LogP contribution in [0.15, 0.2) is 0 Å². The van der Waals surface area contributed by atoms with Gasteiger partial charge in [0, 0.05) is 25.9 Å². The van der Waals surface area contributed by atoms with Crippen LogP contribution in [0.2, 0.25) is 0 Å². The highest BCUT2D eigenvalue weighted by Gasteiger charge is 2.46. The normalized spacial score (nSPS) is 20.4. The van der Waals surface area contributed by atoms with Crippen molar-refractivity contribution >= 4 is 11.8 Å². The first-order valence-corrected chi connectivity index (χ1v) is 3.79. The number of hydrogen-bond acceptors (Lipinski definition) is 3. The molecule has 0 spiro atoms. The number of rotatable bonds is 2. The number of ketones is 1. The Labute approximate surface area is 72.5 Å². The molecule has 0 aliphatic carbocycles. The standard InChI is InChI=1S/C7H8F3NO2/c8-6(13)7(9,10)11-3-1-5(12)2-4-11/h1-4H2. The van der Waals surface area contributed by atoms with Crippen LogP contribution in [0, 0.1) is 0 Å². The predicted octanol–water partition coefficient (Wildman–Crippen LogP) is 0.740. The first-order valence-electron chi connectivity index (χ1n) is 3.79. The molecule has 0 saturated carbocycles. The lowest BCUT2D eigenvalue weighted by Crippen LogP contribution is -2.50. The van der Waals surface area contributed by atoms with Crippen LogP contribution in [-0.4, -0.2) is 35.9 Å². The number of hydrogen-bond donors (Lipinski definition) is 0. The molecule has 0 unspecified atom stereocenters. The van der Waals surface area contributed by atoms with Crippen LogP contribution < -0.4 is 0 Å². The molecule has 0 aromatic heterocycles. The molecule has 0 atom stereocenters. The Kier molecular flexibility index (Phi) is 2.70. The molecule has 1 heterocycles. The zero-order valence-electron chi connectivity index (χ0n) is 6.73. The summed E-state index contributed by atoms with van der Waals surface area (Å²) in [5, 5.41) is 0. The van der Waals surface area contributed by atoms with Gasteiger partial charge in [-0.15, -0.1) is 0 Å². The third kappa shape index (κ3) is 2.06. The lowest BCUT2D eigenvalue weighted by atomic mass is 10.1. The average Bonchev–Trinajstić information content (AvgIpc) is 2.04. The number of carbonyl (C=O) groups is 2. The van der Waals surface area contributed by atoms with E-state index in [9.17, 15) is 22.8 Å². The zero-order chi connectivity index (χ0) is 10.1. The molecule has 0 bridgehead atoms. The maximum atomic E-state index is 12.6. The van der Waals surface area contributed by atoms with Gasteiger partial charge in [-0.2, -0.15) is 13.2 Å². The summed E-state index contributed by atoms with van der Waals surface area (Å²) in [6.07, 6.45) is -0.105. The van der Waals surface area contributed by atoms with Crippen LogP contribution in [0.4, 0.5) is 13.2 Å². The average molecular weight is 195 g/mol. The highest BCUT2D eigenvalue weighted by atomic mass is 19.3. The highest BCUT2D eigenvalue weighted by Crippen LogP contribution is 2.24. The molecule has 1 aliphatic rings. The quantitative estimate of drug-likeness (QED) is 0.481. The fourth-order valence-electron chi connectivity index (χ4n) is 1.16. The Hall–Kier alpha value is -0.910. The topological polar surface area (TPSA) is 37.4 Å². The van der Waals surface area contributed by atoms with Gasteiger partial charge in [-0.05, 0) is 0 Å². The van der Waals surface area contributed by atoms with Gasteiger partial charge in [0.1, 0.15) is 5.78 Å². The summed E-state index contributed by atoms with van der Waals surface area (Å²) < 4.78 is 37.1. The fraction of sp³-hybridized carbons (Fsp3) is 0.714. The number of piperidine rings is 1. The second kappa shape index (κ2) is 3.45. The molecule has 74 valence electrons. The molecule has 13 heavy (non-hydrogen) atoms. The van der Waals surface area contributed by atoms with E-state index in [4.69, 9.17) is 0 Å². The summed E-state index contributed by atoms with van der Waals surface area (Å²) in [6, 6.07) is -6.73. The zero-order valence-corrected chi connectivity index (χ0v) is 6.73. The second-order valence-corrected chi connectivity index (χ2v) is 2.84. The Morgan fingerprint density at radius 2 is 1.77 bits per heavy atom. The molecule has 1 saturated heterocycles. The first-order chi connectivity index (χ1) is 5.94. The maximum absolute atomic E-state index is 12.6. The van der Waals surface area contributed by atoms with Crippen LogP contribution in [-0.2, 0) is 9.59 Å². The van der Waals surface area contributed by atoms with E-state index in [2.05, 4.69) is 0 Å². The van der Waals surface area contributed by atoms with E-state index in [-0.39, 0.29) is 31.7 Å². The first kappa shape index (κ1) is 10.2. The molecule has 1 rings (SSSR count). The van der Waals surface area contributed by atoms with Gasteiger partial charge in [0.2, 0.25) is 0 Å². The number of alkyl halides is 2. The third-order valence-corrected chi connectivity index (χ3v) is 1.95. The predicted molar refractivity (Wildman–Crippen MR) is 36.9 cm³/mol. The molecule has 0 N–H and O–H groups in total. The minimum Gasteiger partial charge on any atom is -0.300 e. The van der Waals surface area contributed by atoms with Crippen molar-refractivity contribution in [2.45, 2.75) is 18.9 Å². The SMILES string of the molecule is O=C1CCN(C(F)(F)C(=O)F)CC1. The van der Waals surface area contributed by atoms with Crippen molar-refractivity contribution in [3.05, 3.63) is 0 Å². The minimum atomic E-state index is -4.07. The van der Waals surface area contributed by atoms with E-state index in [0.717, 1.165) is 0 Å². The molecular formula is C7H8F3NO2. The minimum absolute atomic E-state index is 0.0527. The molecule has 3 nitrogen and oxygen atoms in total. The van der Waals surface area contributed by atoms with Crippen molar-refractivity contribution in [2.75, 3.05) is 13.1 Å². The van der Waals surface area contributed by atoms with Gasteiger partial charge in [0.15, 0.2) is 0 Å². The molecular weight excluding hydrogens is 187 g/mol. The summed E-state index contributed by atoms with van der Waals surface area (Å²) in [7, 11) is 0. The highest BCUT2D eigenvalue weighted by molar-refractivity contribution is 5.80. The van der Waals surface area contributed by atoms with Crippen molar-refractivity contribution in [2.24, 2.45) is 0 Å². The molecule has 0 aromatic rings. The van der Waals surface area contributed by atoms with Crippen molar-refractivity contribution in [1.29, 1.82) is 0 Å². The lowest BCUT2D eigenvalue weighted by molar-refractivity contribution is -0.191. The van der Waals surface area contributed by atoms with Gasteiger partial charge < -0.3 is 0 Å². The molecule has 0 aromatic carbocycles. The second-order valence-electron chi connectivity index (χ2n) is 2.84. The number of carbonyl (C=O) groups excluding carboxylic acids is 2. The largest absolute Gasteiger partial charge is 0.395 e. The van der Waals surface area contributed by atoms with E-state index in [1.54, 1.807) is 0 Å². The smallest absolute Gasteiger partial charge is 0.300 e. The molecule has 1 fully saturated rings. The lowest BCUT2D eigenvalue weighted by Gasteiger charge is -2.30. The van der Waals surface area contributed by atoms with Crippen LogP contribution in [0.1, 0.15) is 12.8 Å². The number of halogens is 3. The fourth-order valence-corrected chi connectivity index (χ4v) is 1.16. The van der Waals surface area contributed by atoms with Crippen LogP contribution in [0.5, 0.6) is 0 Å². The van der Waals surface area contributed by atoms with Crippen molar-refractivity contribution in [3.8, 4) is 0 Å². The number of nitrogens with zero attached hydrogens (tertiary/aromatic N) is 1. The van der Waals surface area contributed by atoms with Crippen LogP contribution >= 0.6 is 0 Å². The Balaban J connectivity index is 2.62. The molecule has 0 radical (unpaired) electrons. The van der Waals surface area contributed by atoms with Gasteiger partial charge in [0.25, 0.3) is 0 Å². The Morgan fingerprint density at radius 3 is 2.15 bits per heavy atom. The summed E-state index contributed by atoms with van der Waals surface area (Å²) in [6.45, 7) is -0.525. The van der Waals surface area contributed by atoms with Crippen LogP contribution in [0.3, 0.4) is 0 Å². The Morgan fingerprint density at radius 1 is 1.31 bits per heavy atom. The summed E-state index contributed by atoms with van der Waals surface area (Å²) in [5.74, 6) is -0.140. The van der Waals surface area contributed by atoms with Crippen molar-refractivity contribution in [3.63, 3.8) is 0 Å². The van der Waals surface area contributed by atoms with E-state index in [1.165, 1.54) is 0 Å². The maximum Gasteiger partial charge on any atom is 0.395 e. The number of Topliss-reactive ketones (excluding diaryl/α,β-unsaturated/α-hetero) is 1. The molecule has 6 heteroatoms. The molecule has 1 aliphatic heterocycles. The van der Waals surface area contributed by atoms with Gasteiger partial charge >= 0.3 is 12.1 Å².